The van der Waals surface area contributed by atoms with Crippen LogP contribution in [0.1, 0.15) is 106 Å². The van der Waals surface area contributed by atoms with Gasteiger partial charge >= 0.3 is 11.9 Å². The highest BCUT2D eigenvalue weighted by atomic mass is 16.5. The molecule has 0 aromatic heterocycles. The summed E-state index contributed by atoms with van der Waals surface area (Å²) in [5.41, 5.74) is -0.0258. The van der Waals surface area contributed by atoms with Gasteiger partial charge in [0.25, 0.3) is 0 Å². The van der Waals surface area contributed by atoms with Crippen LogP contribution in [-0.2, 0) is 14.3 Å². The van der Waals surface area contributed by atoms with Crippen molar-refractivity contribution < 1.29 is 24.5 Å². The standard InChI is InChI=1S/C31H48O5/c1-26(2)21-10-13-30(6)22(28(21,4)12-11-23(26)32)9-8-19-20-18-27(3,25(35)36-7)14-16-31(20,24(33)34)17-15-29(19,30)5/h8,20-23,32H,9-18H2,1-7H3,(H,33,34)/t20-,21+,22-,23+,27+,28+,29-,30-,31+/m1/s1. The number of methoxy groups -OCH3 is 1. The number of hydrogen-bond donors (Lipinski definition) is 2. The molecule has 36 heavy (non-hydrogen) atoms. The number of carboxylic acids is 1. The van der Waals surface area contributed by atoms with Gasteiger partial charge in [0.15, 0.2) is 0 Å². The SMILES string of the molecule is COC(=O)[C@@]1(C)CC[C@]2(C(=O)O)CC[C@]3(C)C(=CC[C@@H]4[C@@]5(C)CC[C@H](O)C(C)(C)[C@@H]5CC[C@]43C)[C@H]2C1. The summed E-state index contributed by atoms with van der Waals surface area (Å²) in [6.45, 7) is 13.9. The number of esters is 1. The molecular formula is C31H48O5. The molecule has 0 aromatic carbocycles. The number of ether oxygens (including phenoxy) is 1. The number of aliphatic hydroxyl groups excluding tert-OH is 1. The Morgan fingerprint density at radius 3 is 2.22 bits per heavy atom. The third-order valence-electron chi connectivity index (χ3n) is 13.5. The van der Waals surface area contributed by atoms with Crippen LogP contribution in [0, 0.1) is 50.2 Å². The fraction of sp³-hybridized carbons (Fsp3) is 0.871. The smallest absolute Gasteiger partial charge is 0.311 e. The normalized spacial score (nSPS) is 51.5. The molecule has 0 unspecified atom stereocenters. The van der Waals surface area contributed by atoms with Gasteiger partial charge in [-0.15, -0.1) is 0 Å². The minimum absolute atomic E-state index is 0.0739. The van der Waals surface area contributed by atoms with Crippen molar-refractivity contribution in [2.24, 2.45) is 50.2 Å². The van der Waals surface area contributed by atoms with E-state index in [4.69, 9.17) is 4.74 Å². The van der Waals surface area contributed by atoms with Crippen LogP contribution in [0.15, 0.2) is 11.6 Å². The van der Waals surface area contributed by atoms with Crippen molar-refractivity contribution in [3.8, 4) is 0 Å². The first-order chi connectivity index (χ1) is 16.6. The largest absolute Gasteiger partial charge is 0.481 e. The Morgan fingerprint density at radius 1 is 0.917 bits per heavy atom. The summed E-state index contributed by atoms with van der Waals surface area (Å²) in [5.74, 6) is -0.0142. The molecule has 4 fully saturated rings. The van der Waals surface area contributed by atoms with Crippen molar-refractivity contribution in [3.63, 3.8) is 0 Å². The fourth-order valence-electron chi connectivity index (χ4n) is 10.9. The summed E-state index contributed by atoms with van der Waals surface area (Å²) in [4.78, 5) is 25.7. The molecule has 0 radical (unpaired) electrons. The lowest BCUT2D eigenvalue weighted by atomic mass is 9.33. The number of fused-ring (bicyclic) bond motifs is 7. The molecule has 5 aliphatic carbocycles. The zero-order valence-corrected chi connectivity index (χ0v) is 23.6. The van der Waals surface area contributed by atoms with Gasteiger partial charge < -0.3 is 14.9 Å². The third kappa shape index (κ3) is 3.04. The predicted octanol–water partition coefficient (Wildman–Crippen LogP) is 6.39. The molecule has 0 spiro atoms. The number of carboxylic acid groups (broad SMARTS) is 1. The highest BCUT2D eigenvalue weighted by Crippen LogP contribution is 2.75. The Labute approximate surface area is 217 Å². The number of carbonyl (C=O) groups is 2. The maximum atomic E-state index is 12.9. The molecule has 0 bridgehead atoms. The Hall–Kier alpha value is -1.36. The van der Waals surface area contributed by atoms with E-state index in [1.807, 2.05) is 6.92 Å². The van der Waals surface area contributed by atoms with Crippen LogP contribution in [-0.4, -0.2) is 35.4 Å². The van der Waals surface area contributed by atoms with E-state index in [0.717, 1.165) is 38.5 Å². The van der Waals surface area contributed by atoms with Gasteiger partial charge in [0.2, 0.25) is 0 Å². The molecule has 5 nitrogen and oxygen atoms in total. The summed E-state index contributed by atoms with van der Waals surface area (Å²) >= 11 is 0. The molecule has 4 saturated carbocycles. The van der Waals surface area contributed by atoms with E-state index in [-0.39, 0.29) is 39.7 Å². The van der Waals surface area contributed by atoms with Gasteiger partial charge in [-0.05, 0) is 111 Å². The Kier molecular flexibility index (Phi) is 5.71. The summed E-state index contributed by atoms with van der Waals surface area (Å²) in [5, 5.41) is 21.5. The van der Waals surface area contributed by atoms with E-state index in [9.17, 15) is 19.8 Å². The second-order valence-electron chi connectivity index (χ2n) is 14.9. The Morgan fingerprint density at radius 2 is 1.58 bits per heavy atom. The predicted molar refractivity (Wildman–Crippen MR) is 139 cm³/mol. The lowest BCUT2D eigenvalue weighted by Crippen LogP contribution is -2.65. The van der Waals surface area contributed by atoms with E-state index in [1.165, 1.54) is 12.7 Å². The van der Waals surface area contributed by atoms with Crippen LogP contribution in [0.3, 0.4) is 0 Å². The van der Waals surface area contributed by atoms with Crippen molar-refractivity contribution >= 4 is 11.9 Å². The number of hydrogen-bond acceptors (Lipinski definition) is 4. The lowest BCUT2D eigenvalue weighted by molar-refractivity contribution is -0.206. The quantitative estimate of drug-likeness (QED) is 0.339. The molecule has 5 aliphatic rings. The van der Waals surface area contributed by atoms with Gasteiger partial charge in [-0.2, -0.15) is 0 Å². The summed E-state index contributed by atoms with van der Waals surface area (Å²) in [6.07, 6.45) is 10.6. The van der Waals surface area contributed by atoms with Crippen LogP contribution >= 0.6 is 0 Å². The van der Waals surface area contributed by atoms with Gasteiger partial charge in [-0.3, -0.25) is 9.59 Å². The zero-order chi connectivity index (χ0) is 26.5. The van der Waals surface area contributed by atoms with Crippen LogP contribution in [0.5, 0.6) is 0 Å². The average Bonchev–Trinajstić information content (AvgIpc) is 2.81. The van der Waals surface area contributed by atoms with Crippen molar-refractivity contribution in [2.45, 2.75) is 112 Å². The second-order valence-corrected chi connectivity index (χ2v) is 14.9. The summed E-state index contributed by atoms with van der Waals surface area (Å²) < 4.78 is 5.21. The van der Waals surface area contributed by atoms with E-state index >= 15 is 0 Å². The number of allylic oxidation sites excluding steroid dienone is 2. The number of aliphatic carboxylic acids is 1. The highest BCUT2D eigenvalue weighted by molar-refractivity contribution is 5.80. The highest BCUT2D eigenvalue weighted by Gasteiger charge is 2.69. The molecule has 0 aromatic rings. The number of rotatable bonds is 2. The number of carbonyl (C=O) groups excluding carboxylic acids is 1. The molecule has 0 heterocycles. The van der Waals surface area contributed by atoms with Gasteiger partial charge in [0.1, 0.15) is 0 Å². The van der Waals surface area contributed by atoms with Gasteiger partial charge in [0.05, 0.1) is 24.0 Å². The van der Waals surface area contributed by atoms with E-state index < -0.39 is 16.8 Å². The molecule has 5 rings (SSSR count). The van der Waals surface area contributed by atoms with Crippen molar-refractivity contribution in [1.29, 1.82) is 0 Å². The van der Waals surface area contributed by atoms with Crippen LogP contribution in [0.4, 0.5) is 0 Å². The maximum Gasteiger partial charge on any atom is 0.311 e. The second kappa shape index (κ2) is 7.83. The van der Waals surface area contributed by atoms with E-state index in [1.54, 1.807) is 0 Å². The van der Waals surface area contributed by atoms with E-state index in [2.05, 4.69) is 40.7 Å². The first-order valence-electron chi connectivity index (χ1n) is 14.3. The lowest BCUT2D eigenvalue weighted by Gasteiger charge is -2.71. The molecule has 5 heteroatoms. The minimum atomic E-state index is -0.778. The van der Waals surface area contributed by atoms with Gasteiger partial charge in [0, 0.05) is 0 Å². The molecular weight excluding hydrogens is 452 g/mol. The van der Waals surface area contributed by atoms with Crippen LogP contribution in [0.25, 0.3) is 0 Å². The Balaban J connectivity index is 1.60. The first-order valence-corrected chi connectivity index (χ1v) is 14.3. The molecule has 0 saturated heterocycles. The fourth-order valence-corrected chi connectivity index (χ4v) is 10.9. The van der Waals surface area contributed by atoms with Gasteiger partial charge in [-0.25, -0.2) is 0 Å². The van der Waals surface area contributed by atoms with Crippen molar-refractivity contribution in [2.75, 3.05) is 7.11 Å². The van der Waals surface area contributed by atoms with Crippen LogP contribution in [0.2, 0.25) is 0 Å². The minimum Gasteiger partial charge on any atom is -0.481 e. The zero-order valence-electron chi connectivity index (χ0n) is 23.6. The van der Waals surface area contributed by atoms with E-state index in [0.29, 0.717) is 37.5 Å². The van der Waals surface area contributed by atoms with Crippen molar-refractivity contribution in [3.05, 3.63) is 11.6 Å². The van der Waals surface area contributed by atoms with Gasteiger partial charge in [-0.1, -0.05) is 46.3 Å². The molecule has 202 valence electrons. The topological polar surface area (TPSA) is 83.8 Å². The van der Waals surface area contributed by atoms with Crippen molar-refractivity contribution in [1.82, 2.24) is 0 Å². The maximum absolute atomic E-state index is 12.9. The number of aliphatic hydroxyl groups is 1. The molecule has 0 amide bonds. The molecule has 2 N–H and O–H groups in total. The molecule has 9 atom stereocenters. The average molecular weight is 501 g/mol. The first kappa shape index (κ1) is 26.3. The monoisotopic (exact) mass is 500 g/mol. The summed E-state index contributed by atoms with van der Waals surface area (Å²) in [6, 6.07) is 0. The summed E-state index contributed by atoms with van der Waals surface area (Å²) in [7, 11) is 1.45. The molecule has 0 aliphatic heterocycles. The van der Waals surface area contributed by atoms with Crippen LogP contribution < -0.4 is 0 Å². The third-order valence-corrected chi connectivity index (χ3v) is 13.5. The Bertz CT molecular complexity index is 999.